The second kappa shape index (κ2) is 7.17. The summed E-state index contributed by atoms with van der Waals surface area (Å²) in [5, 5.41) is 2.99. The van der Waals surface area contributed by atoms with Gasteiger partial charge in [-0.1, -0.05) is 30.3 Å². The third kappa shape index (κ3) is 3.65. The average molecular weight is 289 g/mol. The van der Waals surface area contributed by atoms with Crippen LogP contribution in [0.5, 0.6) is 0 Å². The summed E-state index contributed by atoms with van der Waals surface area (Å²) >= 11 is 1.61. The highest BCUT2D eigenvalue weighted by atomic mass is 32.1. The Kier molecular flexibility index (Phi) is 5.26. The van der Waals surface area contributed by atoms with Gasteiger partial charge in [0.25, 0.3) is 0 Å². The van der Waals surface area contributed by atoms with E-state index in [1.165, 1.54) is 0 Å². The van der Waals surface area contributed by atoms with Crippen molar-refractivity contribution in [1.82, 2.24) is 9.88 Å². The number of aromatic nitrogens is 1. The number of nitrogens with zero attached hydrogens (tertiary/aromatic N) is 2. The van der Waals surface area contributed by atoms with Gasteiger partial charge in [-0.05, 0) is 12.5 Å². The Bertz CT molecular complexity index is 527. The Morgan fingerprint density at radius 3 is 2.75 bits per heavy atom. The van der Waals surface area contributed by atoms with E-state index < -0.39 is 6.04 Å². The number of hydrogen-bond acceptors (Lipinski definition) is 4. The standard InChI is InChI=1S/C15H19N3OS/c1-2-18(10-8-13-17-9-11-20-13)15(19)14(16)12-6-4-3-5-7-12/h3-7,9,11,14H,2,8,10,16H2,1H3. The van der Waals surface area contributed by atoms with Crippen LogP contribution in [0.15, 0.2) is 41.9 Å². The van der Waals surface area contributed by atoms with E-state index in [-0.39, 0.29) is 5.91 Å². The van der Waals surface area contributed by atoms with E-state index in [0.717, 1.165) is 17.0 Å². The van der Waals surface area contributed by atoms with Crippen LogP contribution >= 0.6 is 11.3 Å². The van der Waals surface area contributed by atoms with Crippen molar-refractivity contribution in [2.24, 2.45) is 5.73 Å². The second-order valence-corrected chi connectivity index (χ2v) is 5.46. The molecule has 1 aromatic heterocycles. The van der Waals surface area contributed by atoms with Crippen LogP contribution in [0.3, 0.4) is 0 Å². The lowest BCUT2D eigenvalue weighted by atomic mass is 10.1. The van der Waals surface area contributed by atoms with Gasteiger partial charge in [0.15, 0.2) is 0 Å². The summed E-state index contributed by atoms with van der Waals surface area (Å²) in [6, 6.07) is 8.89. The van der Waals surface area contributed by atoms with E-state index in [4.69, 9.17) is 5.73 Å². The minimum absolute atomic E-state index is 0.0322. The molecule has 1 atom stereocenters. The van der Waals surface area contributed by atoms with Crippen molar-refractivity contribution >= 4 is 17.2 Å². The van der Waals surface area contributed by atoms with Crippen LogP contribution in [0.25, 0.3) is 0 Å². The van der Waals surface area contributed by atoms with Gasteiger partial charge in [-0.15, -0.1) is 11.3 Å². The number of nitrogens with two attached hydrogens (primary N) is 1. The van der Waals surface area contributed by atoms with E-state index >= 15 is 0 Å². The Labute approximate surface area is 123 Å². The number of carbonyl (C=O) groups is 1. The van der Waals surface area contributed by atoms with Crippen molar-refractivity contribution in [3.8, 4) is 0 Å². The van der Waals surface area contributed by atoms with Gasteiger partial charge >= 0.3 is 0 Å². The Balaban J connectivity index is 1.98. The highest BCUT2D eigenvalue weighted by Crippen LogP contribution is 2.14. The molecule has 2 N–H and O–H groups in total. The fraction of sp³-hybridized carbons (Fsp3) is 0.333. The van der Waals surface area contributed by atoms with Crippen LogP contribution < -0.4 is 5.73 Å². The molecule has 2 rings (SSSR count). The normalized spacial score (nSPS) is 12.1. The van der Waals surface area contributed by atoms with Crippen molar-refractivity contribution in [3.05, 3.63) is 52.5 Å². The van der Waals surface area contributed by atoms with Gasteiger partial charge in [-0.25, -0.2) is 4.98 Å². The highest BCUT2D eigenvalue weighted by molar-refractivity contribution is 7.09. The lowest BCUT2D eigenvalue weighted by Crippen LogP contribution is -2.39. The molecule has 0 bridgehead atoms. The molecule has 2 aromatic rings. The van der Waals surface area contributed by atoms with Gasteiger partial charge in [0.1, 0.15) is 6.04 Å². The van der Waals surface area contributed by atoms with Crippen LogP contribution in [0.1, 0.15) is 23.5 Å². The summed E-state index contributed by atoms with van der Waals surface area (Å²) in [4.78, 5) is 18.4. The van der Waals surface area contributed by atoms with Gasteiger partial charge in [0, 0.05) is 31.1 Å². The van der Waals surface area contributed by atoms with E-state index in [2.05, 4.69) is 4.98 Å². The number of thiazole rings is 1. The van der Waals surface area contributed by atoms with Crippen LogP contribution in [0.2, 0.25) is 0 Å². The molecule has 0 aliphatic heterocycles. The molecule has 0 saturated heterocycles. The number of hydrogen-bond donors (Lipinski definition) is 1. The van der Waals surface area contributed by atoms with Crippen molar-refractivity contribution in [3.63, 3.8) is 0 Å². The number of rotatable bonds is 6. The molecule has 1 amide bonds. The molecule has 0 fully saturated rings. The number of amides is 1. The van der Waals surface area contributed by atoms with Crippen LogP contribution in [0, 0.1) is 0 Å². The molecule has 0 aliphatic rings. The van der Waals surface area contributed by atoms with Gasteiger partial charge in [0.2, 0.25) is 5.91 Å². The molecule has 0 saturated carbocycles. The largest absolute Gasteiger partial charge is 0.341 e. The third-order valence-corrected chi connectivity index (χ3v) is 4.04. The molecule has 1 unspecified atom stereocenters. The first kappa shape index (κ1) is 14.7. The minimum atomic E-state index is -0.590. The number of benzene rings is 1. The Morgan fingerprint density at radius 1 is 1.40 bits per heavy atom. The SMILES string of the molecule is CCN(CCc1nccs1)C(=O)C(N)c1ccccc1. The van der Waals surface area contributed by atoms with Crippen molar-refractivity contribution in [1.29, 1.82) is 0 Å². The Morgan fingerprint density at radius 2 is 2.15 bits per heavy atom. The summed E-state index contributed by atoms with van der Waals surface area (Å²) in [7, 11) is 0. The van der Waals surface area contributed by atoms with Crippen LogP contribution in [-0.2, 0) is 11.2 Å². The number of likely N-dealkylation sites (N-methyl/N-ethyl adjacent to an activating group) is 1. The lowest BCUT2D eigenvalue weighted by Gasteiger charge is -2.24. The quantitative estimate of drug-likeness (QED) is 0.887. The molecule has 0 radical (unpaired) electrons. The fourth-order valence-corrected chi connectivity index (χ4v) is 2.64. The first-order chi connectivity index (χ1) is 9.72. The zero-order valence-electron chi connectivity index (χ0n) is 11.5. The lowest BCUT2D eigenvalue weighted by molar-refractivity contribution is -0.132. The molecule has 20 heavy (non-hydrogen) atoms. The van der Waals surface area contributed by atoms with Crippen molar-refractivity contribution in [2.75, 3.05) is 13.1 Å². The van der Waals surface area contributed by atoms with E-state index in [0.29, 0.717) is 13.1 Å². The molecule has 1 heterocycles. The highest BCUT2D eigenvalue weighted by Gasteiger charge is 2.21. The maximum absolute atomic E-state index is 12.4. The molecule has 4 nitrogen and oxygen atoms in total. The van der Waals surface area contributed by atoms with Crippen LogP contribution in [-0.4, -0.2) is 28.9 Å². The molecule has 1 aromatic carbocycles. The summed E-state index contributed by atoms with van der Waals surface area (Å²) < 4.78 is 0. The first-order valence-corrected chi connectivity index (χ1v) is 7.58. The summed E-state index contributed by atoms with van der Waals surface area (Å²) in [6.45, 7) is 3.28. The smallest absolute Gasteiger partial charge is 0.244 e. The molecule has 0 aliphatic carbocycles. The van der Waals surface area contributed by atoms with Gasteiger partial charge in [-0.2, -0.15) is 0 Å². The third-order valence-electron chi connectivity index (χ3n) is 3.20. The van der Waals surface area contributed by atoms with Gasteiger partial charge in [-0.3, -0.25) is 4.79 Å². The topological polar surface area (TPSA) is 59.2 Å². The fourth-order valence-electron chi connectivity index (χ4n) is 2.03. The van der Waals surface area contributed by atoms with Gasteiger partial charge < -0.3 is 10.6 Å². The molecular formula is C15H19N3OS. The predicted molar refractivity (Wildman–Crippen MR) is 81.4 cm³/mol. The summed E-state index contributed by atoms with van der Waals surface area (Å²) in [5.74, 6) is -0.0322. The number of carbonyl (C=O) groups excluding carboxylic acids is 1. The monoisotopic (exact) mass is 289 g/mol. The molecule has 106 valence electrons. The summed E-state index contributed by atoms with van der Waals surface area (Å²) in [5.41, 5.74) is 6.91. The molecular weight excluding hydrogens is 270 g/mol. The van der Waals surface area contributed by atoms with Crippen molar-refractivity contribution < 1.29 is 4.79 Å². The summed E-state index contributed by atoms with van der Waals surface area (Å²) in [6.07, 6.45) is 2.56. The average Bonchev–Trinajstić information content (AvgIpc) is 3.01. The first-order valence-electron chi connectivity index (χ1n) is 6.70. The zero-order valence-corrected chi connectivity index (χ0v) is 12.3. The maximum Gasteiger partial charge on any atom is 0.244 e. The van der Waals surface area contributed by atoms with Gasteiger partial charge in [0.05, 0.1) is 5.01 Å². The van der Waals surface area contributed by atoms with Crippen LogP contribution in [0.4, 0.5) is 0 Å². The Hall–Kier alpha value is -1.72. The van der Waals surface area contributed by atoms with E-state index in [1.54, 1.807) is 22.4 Å². The predicted octanol–water partition coefficient (Wildman–Crippen LogP) is 2.23. The minimum Gasteiger partial charge on any atom is -0.341 e. The zero-order chi connectivity index (χ0) is 14.4. The maximum atomic E-state index is 12.4. The van der Waals surface area contributed by atoms with Crippen molar-refractivity contribution in [2.45, 2.75) is 19.4 Å². The van der Waals surface area contributed by atoms with E-state index in [1.807, 2.05) is 42.6 Å². The van der Waals surface area contributed by atoms with E-state index in [9.17, 15) is 4.79 Å². The molecule has 5 heteroatoms. The molecule has 0 spiro atoms. The second-order valence-electron chi connectivity index (χ2n) is 4.48.